The summed E-state index contributed by atoms with van der Waals surface area (Å²) >= 11 is 0. The summed E-state index contributed by atoms with van der Waals surface area (Å²) in [7, 11) is 0. The molecule has 2 amide bonds. The number of amides is 2. The van der Waals surface area contributed by atoms with Crippen molar-refractivity contribution in [2.45, 2.75) is 89.4 Å². The zero-order valence-corrected chi connectivity index (χ0v) is 38.3. The highest BCUT2D eigenvalue weighted by atomic mass is 19.1. The molecule has 5 aliphatic rings. The molecule has 6 aromatic rings. The molecular formula is C54H59FN9O3+. The van der Waals surface area contributed by atoms with Crippen LogP contribution in [0.3, 0.4) is 0 Å². The number of carbonyl (C=O) groups excluding carboxylic acids is 2. The monoisotopic (exact) mass is 900 g/mol. The van der Waals surface area contributed by atoms with Crippen molar-refractivity contribution in [2.75, 3.05) is 51.1 Å². The number of anilines is 1. The van der Waals surface area contributed by atoms with Crippen LogP contribution in [0, 0.1) is 16.6 Å². The third-order valence-corrected chi connectivity index (χ3v) is 15.4. The number of nitroso groups, excluding NO2 is 1. The Morgan fingerprint density at radius 2 is 1.67 bits per heavy atom. The Balaban J connectivity index is 0.649. The van der Waals surface area contributed by atoms with Crippen molar-refractivity contribution >= 4 is 34.5 Å². The summed E-state index contributed by atoms with van der Waals surface area (Å²) in [5.74, 6) is 0.567. The normalized spacial score (nSPS) is 21.0. The summed E-state index contributed by atoms with van der Waals surface area (Å²) < 4.78 is 18.1. The fourth-order valence-electron chi connectivity index (χ4n) is 11.4. The van der Waals surface area contributed by atoms with Crippen molar-refractivity contribution < 1.29 is 18.7 Å². The van der Waals surface area contributed by atoms with Crippen LogP contribution in [0.5, 0.6) is 0 Å². The van der Waals surface area contributed by atoms with E-state index >= 15 is 4.39 Å². The number of aromatic amines is 1. The number of nitrogens with one attached hydrogen (secondary N) is 2. The fourth-order valence-corrected chi connectivity index (χ4v) is 11.4. The second kappa shape index (κ2) is 18.4. The first-order valence-corrected chi connectivity index (χ1v) is 24.3. The van der Waals surface area contributed by atoms with E-state index < -0.39 is 0 Å². The molecule has 3 aromatic carbocycles. The summed E-state index contributed by atoms with van der Waals surface area (Å²) in [5, 5.41) is 11.6. The molecule has 0 spiro atoms. The Morgan fingerprint density at radius 1 is 0.881 bits per heavy atom. The van der Waals surface area contributed by atoms with Crippen LogP contribution in [0.1, 0.15) is 101 Å². The third-order valence-electron chi connectivity index (χ3n) is 15.4. The number of aromatic nitrogens is 4. The van der Waals surface area contributed by atoms with E-state index in [2.05, 4.69) is 91.5 Å². The molecule has 0 saturated carbocycles. The van der Waals surface area contributed by atoms with Crippen molar-refractivity contribution in [1.29, 1.82) is 0 Å². The largest absolute Gasteiger partial charge is 0.433 e. The van der Waals surface area contributed by atoms with Gasteiger partial charge in [0.15, 0.2) is 0 Å². The van der Waals surface area contributed by atoms with Crippen LogP contribution < -0.4 is 5.32 Å². The van der Waals surface area contributed by atoms with Crippen molar-refractivity contribution in [3.05, 3.63) is 147 Å². The van der Waals surface area contributed by atoms with Gasteiger partial charge in [-0.3, -0.25) is 24.7 Å². The Kier molecular flexibility index (Phi) is 11.9. The van der Waals surface area contributed by atoms with Crippen LogP contribution in [0.2, 0.25) is 0 Å². The lowest BCUT2D eigenvalue weighted by atomic mass is 9.83. The predicted octanol–water partition coefficient (Wildman–Crippen LogP) is 8.94. The van der Waals surface area contributed by atoms with Crippen molar-refractivity contribution in [3.63, 3.8) is 0 Å². The molecule has 3 saturated heterocycles. The highest BCUT2D eigenvalue weighted by molar-refractivity contribution is 5.94. The zero-order chi connectivity index (χ0) is 45.6. The van der Waals surface area contributed by atoms with E-state index in [1.54, 1.807) is 0 Å². The number of nitrogens with zero attached hydrogens (tertiary/aromatic N) is 7. The molecule has 1 aliphatic carbocycles. The number of rotatable bonds is 10. The lowest BCUT2D eigenvalue weighted by Crippen LogP contribution is -2.38. The molecule has 2 N–H and O–H groups in total. The molecule has 67 heavy (non-hydrogen) atoms. The number of benzene rings is 3. The molecule has 4 aliphatic heterocycles. The Bertz CT molecular complexity index is 2870. The second-order valence-electron chi connectivity index (χ2n) is 19.8. The molecule has 2 atom stereocenters. The number of fused-ring (bicyclic) bond motifs is 3. The van der Waals surface area contributed by atoms with Gasteiger partial charge >= 0.3 is 5.91 Å². The van der Waals surface area contributed by atoms with E-state index in [1.807, 2.05) is 41.6 Å². The highest BCUT2D eigenvalue weighted by Crippen LogP contribution is 2.37. The molecule has 13 heteroatoms. The van der Waals surface area contributed by atoms with Crippen LogP contribution in [-0.4, -0.2) is 103 Å². The maximum absolute atomic E-state index is 15.4. The van der Waals surface area contributed by atoms with Crippen LogP contribution in [0.4, 0.5) is 10.1 Å². The number of hydrogen-bond donors (Lipinski definition) is 2. The fraction of sp³-hybridized carbons (Fsp3) is 0.407. The van der Waals surface area contributed by atoms with Gasteiger partial charge in [-0.25, -0.2) is 9.18 Å². The first kappa shape index (κ1) is 43.3. The molecule has 0 radical (unpaired) electrons. The molecule has 7 heterocycles. The number of H-pyrrole nitrogens is 1. The van der Waals surface area contributed by atoms with Gasteiger partial charge in [-0.15, -0.1) is 0 Å². The molecule has 11 rings (SSSR count). The van der Waals surface area contributed by atoms with E-state index in [4.69, 9.17) is 4.98 Å². The van der Waals surface area contributed by atoms with Gasteiger partial charge in [0.2, 0.25) is 6.54 Å². The average Bonchev–Trinajstić information content (AvgIpc) is 3.99. The summed E-state index contributed by atoms with van der Waals surface area (Å²) in [4.78, 5) is 49.0. The van der Waals surface area contributed by atoms with Crippen molar-refractivity contribution in [1.82, 2.24) is 34.4 Å². The highest BCUT2D eigenvalue weighted by Gasteiger charge is 2.34. The van der Waals surface area contributed by atoms with Gasteiger partial charge in [-0.05, 0) is 159 Å². The van der Waals surface area contributed by atoms with E-state index in [-0.39, 0.29) is 42.6 Å². The first-order valence-electron chi connectivity index (χ1n) is 24.3. The van der Waals surface area contributed by atoms with Gasteiger partial charge in [-0.1, -0.05) is 42.8 Å². The standard InChI is InChI=1S/C54H59FN9O3/c1-35-24-52-49(47(12-17-56-52)41-6-10-51-42(26-41)29-57-59-51)27-43(35)32-61-18-13-38(14-19-61)37-2-4-40(5-3-37)54(66)63-23-22-62-31-36(25-46(62)34-63)30-60-20-15-39(16-21-60)48-9-7-44(28-50(48)55)58-45-8-11-53(65)64(67)33-45/h2-7,9-10,12,17,25-29,31,35,38-39,45,58H,8,11,13-16,18-24,30,32-34H2,1H3,(H,57,59)/q+1. The molecule has 2 unspecified atom stereocenters. The van der Waals surface area contributed by atoms with E-state index in [0.717, 1.165) is 99.9 Å². The van der Waals surface area contributed by atoms with Gasteiger partial charge in [-0.2, -0.15) is 5.10 Å². The predicted molar refractivity (Wildman–Crippen MR) is 258 cm³/mol. The quantitative estimate of drug-likeness (QED) is 0.131. The smallest absolute Gasteiger partial charge is 0.376 e. The third kappa shape index (κ3) is 9.11. The SMILES string of the molecule is CC1Cc2nccc(-c3ccc4[nH]ncc4c3)c2C=C1CN1CCC(c2ccc(C(=O)N3CCn4cc(CN5CCC(c6ccc(NC7CCC(=O)[N+](=O)C7)cc6F)CC5)cc4C3)cc2)CC1. The van der Waals surface area contributed by atoms with Crippen LogP contribution in [0.25, 0.3) is 28.1 Å². The maximum Gasteiger partial charge on any atom is 0.433 e. The summed E-state index contributed by atoms with van der Waals surface area (Å²) in [6, 6.07) is 24.5. The van der Waals surface area contributed by atoms with E-state index in [1.165, 1.54) is 50.8 Å². The summed E-state index contributed by atoms with van der Waals surface area (Å²) in [6.45, 7) is 10.2. The molecule has 0 bridgehead atoms. The molecule has 12 nitrogen and oxygen atoms in total. The zero-order valence-electron chi connectivity index (χ0n) is 38.3. The van der Waals surface area contributed by atoms with Gasteiger partial charge in [0.05, 0.1) is 35.5 Å². The van der Waals surface area contributed by atoms with Crippen LogP contribution in [0.15, 0.2) is 97.0 Å². The maximum atomic E-state index is 15.4. The van der Waals surface area contributed by atoms with Gasteiger partial charge < -0.3 is 14.8 Å². The van der Waals surface area contributed by atoms with E-state index in [0.29, 0.717) is 41.8 Å². The number of likely N-dealkylation sites (tertiary alicyclic amines) is 2. The van der Waals surface area contributed by atoms with Crippen molar-refractivity contribution in [3.8, 4) is 11.1 Å². The lowest BCUT2D eigenvalue weighted by Gasteiger charge is -2.35. The topological polar surface area (TPSA) is 122 Å². The minimum atomic E-state index is -0.387. The van der Waals surface area contributed by atoms with Crippen molar-refractivity contribution in [2.24, 2.45) is 5.92 Å². The Labute approximate surface area is 390 Å². The minimum absolute atomic E-state index is 0.0849. The molecule has 3 fully saturated rings. The molecule has 3 aromatic heterocycles. The van der Waals surface area contributed by atoms with Gasteiger partial charge in [0.25, 0.3) is 5.91 Å². The van der Waals surface area contributed by atoms with Gasteiger partial charge in [0, 0.05) is 77.1 Å². The molecule has 344 valence electrons. The number of carbonyl (C=O) groups is 2. The Hall–Kier alpha value is -6.31. The summed E-state index contributed by atoms with van der Waals surface area (Å²) in [5.41, 5.74) is 13.3. The summed E-state index contributed by atoms with van der Waals surface area (Å²) in [6.07, 6.45) is 14.2. The first-order chi connectivity index (χ1) is 32.7. The number of hydrogen-bond acceptors (Lipinski definition) is 8. The second-order valence-corrected chi connectivity index (χ2v) is 19.8. The van der Waals surface area contributed by atoms with E-state index in [9.17, 15) is 14.5 Å². The number of piperidine rings is 3. The number of pyridine rings is 1. The van der Waals surface area contributed by atoms with Gasteiger partial charge in [0.1, 0.15) is 5.82 Å². The minimum Gasteiger partial charge on any atom is -0.376 e. The number of halogens is 1. The lowest BCUT2D eigenvalue weighted by molar-refractivity contribution is -0.477. The molecular weight excluding hydrogens is 842 g/mol. The van der Waals surface area contributed by atoms with Crippen LogP contribution >= 0.6 is 0 Å². The average molecular weight is 901 g/mol. The Morgan fingerprint density at radius 3 is 2.46 bits per heavy atom. The van der Waals surface area contributed by atoms with Crippen LogP contribution in [-0.2, 0) is 30.8 Å².